The third kappa shape index (κ3) is 3.56. The molecule has 2 N–H and O–H groups in total. The molecule has 0 fully saturated rings. The molecule has 0 saturated heterocycles. The molecule has 0 aliphatic rings. The molecular weight excluding hydrogens is 234 g/mol. The lowest BCUT2D eigenvalue weighted by Crippen LogP contribution is -2.40. The third-order valence-electron chi connectivity index (χ3n) is 1.77. The fourth-order valence-corrected chi connectivity index (χ4v) is 1.91. The van der Waals surface area contributed by atoms with E-state index in [0.29, 0.717) is 17.1 Å². The number of hydrogen-bond acceptors (Lipinski definition) is 4. The Kier molecular flexibility index (Phi) is 4.64. The minimum Gasteiger partial charge on any atom is -0.480 e. The van der Waals surface area contributed by atoms with Gasteiger partial charge in [-0.05, 0) is 23.6 Å². The van der Waals surface area contributed by atoms with Crippen molar-refractivity contribution in [1.82, 2.24) is 5.32 Å². The summed E-state index contributed by atoms with van der Waals surface area (Å²) in [5.41, 5.74) is 0. The van der Waals surface area contributed by atoms with E-state index >= 15 is 0 Å². The molecule has 1 atom stereocenters. The average Bonchev–Trinajstić information content (AvgIpc) is 2.69. The zero-order valence-corrected chi connectivity index (χ0v) is 9.55. The van der Waals surface area contributed by atoms with Crippen LogP contribution in [-0.4, -0.2) is 28.8 Å². The number of carboxylic acid groups (broad SMARTS) is 1. The summed E-state index contributed by atoms with van der Waals surface area (Å²) in [6.45, 7) is 0. The first kappa shape index (κ1) is 12.1. The van der Waals surface area contributed by atoms with Gasteiger partial charge in [0.1, 0.15) is 6.04 Å². The predicted octanol–water partition coefficient (Wildman–Crippen LogP) is 1.25. The van der Waals surface area contributed by atoms with E-state index in [1.807, 2.05) is 0 Å². The zero-order valence-electron chi connectivity index (χ0n) is 7.84. The van der Waals surface area contributed by atoms with Crippen molar-refractivity contribution in [2.24, 2.45) is 0 Å². The maximum Gasteiger partial charge on any atom is 0.326 e. The minimum absolute atomic E-state index is 0.315. The van der Waals surface area contributed by atoms with Gasteiger partial charge in [-0.1, -0.05) is 6.07 Å². The highest BCUT2D eigenvalue weighted by Gasteiger charge is 2.19. The lowest BCUT2D eigenvalue weighted by Gasteiger charge is -2.12. The summed E-state index contributed by atoms with van der Waals surface area (Å²) in [5.74, 6) is -0.963. The molecule has 0 bridgehead atoms. The van der Waals surface area contributed by atoms with Gasteiger partial charge in [-0.15, -0.1) is 11.3 Å². The largest absolute Gasteiger partial charge is 0.480 e. The van der Waals surface area contributed by atoms with E-state index < -0.39 is 12.0 Å². The Hall–Kier alpha value is -1.01. The molecule has 15 heavy (non-hydrogen) atoms. The molecule has 1 amide bonds. The normalized spacial score (nSPS) is 12.1. The van der Waals surface area contributed by atoms with E-state index in [1.165, 1.54) is 11.3 Å². The van der Waals surface area contributed by atoms with E-state index in [4.69, 9.17) is 5.11 Å². The van der Waals surface area contributed by atoms with Gasteiger partial charge in [-0.2, -0.15) is 12.6 Å². The van der Waals surface area contributed by atoms with Crippen molar-refractivity contribution in [1.29, 1.82) is 0 Å². The second kappa shape index (κ2) is 5.77. The van der Waals surface area contributed by atoms with Crippen molar-refractivity contribution in [2.45, 2.75) is 12.5 Å². The van der Waals surface area contributed by atoms with Crippen molar-refractivity contribution >= 4 is 35.8 Å². The van der Waals surface area contributed by atoms with E-state index in [9.17, 15) is 9.59 Å². The summed E-state index contributed by atoms with van der Waals surface area (Å²) in [6, 6.07) is 2.53. The van der Waals surface area contributed by atoms with Crippen molar-refractivity contribution in [3.05, 3.63) is 22.4 Å². The van der Waals surface area contributed by atoms with Crippen molar-refractivity contribution in [2.75, 3.05) is 5.75 Å². The monoisotopic (exact) mass is 245 g/mol. The molecule has 0 aromatic carbocycles. The summed E-state index contributed by atoms with van der Waals surface area (Å²) in [5, 5.41) is 13.0. The van der Waals surface area contributed by atoms with E-state index in [0.717, 1.165) is 0 Å². The Balaban J connectivity index is 2.59. The van der Waals surface area contributed by atoms with E-state index in [2.05, 4.69) is 17.9 Å². The second-order valence-electron chi connectivity index (χ2n) is 2.85. The highest BCUT2D eigenvalue weighted by Crippen LogP contribution is 2.08. The number of carbonyl (C=O) groups is 2. The fourth-order valence-electron chi connectivity index (χ4n) is 1.02. The lowest BCUT2D eigenvalue weighted by molar-refractivity contribution is -0.139. The minimum atomic E-state index is -1.03. The maximum atomic E-state index is 11.5. The van der Waals surface area contributed by atoms with Gasteiger partial charge in [0.25, 0.3) is 5.91 Å². The molecule has 1 rings (SSSR count). The highest BCUT2D eigenvalue weighted by molar-refractivity contribution is 7.80. The van der Waals surface area contributed by atoms with Gasteiger partial charge in [0.15, 0.2) is 0 Å². The Bertz CT molecular complexity index is 337. The van der Waals surface area contributed by atoms with Gasteiger partial charge in [-0.25, -0.2) is 4.79 Å². The van der Waals surface area contributed by atoms with Gasteiger partial charge < -0.3 is 10.4 Å². The first-order valence-corrected chi connectivity index (χ1v) is 5.84. The smallest absolute Gasteiger partial charge is 0.326 e. The predicted molar refractivity (Wildman–Crippen MR) is 61.7 cm³/mol. The number of thiol groups is 1. The molecule has 1 aromatic rings. The summed E-state index contributed by atoms with van der Waals surface area (Å²) in [4.78, 5) is 22.8. The molecule has 4 nitrogen and oxygen atoms in total. The topological polar surface area (TPSA) is 66.4 Å². The van der Waals surface area contributed by atoms with Crippen LogP contribution in [0.2, 0.25) is 0 Å². The van der Waals surface area contributed by atoms with Crippen LogP contribution in [0.4, 0.5) is 0 Å². The summed E-state index contributed by atoms with van der Waals surface area (Å²) < 4.78 is 0. The number of thiophene rings is 1. The molecule has 0 aliphatic carbocycles. The SMILES string of the molecule is O=C(NC(CCS)C(=O)O)c1cccs1. The Morgan fingerprint density at radius 3 is 2.80 bits per heavy atom. The van der Waals surface area contributed by atoms with E-state index in [1.54, 1.807) is 17.5 Å². The maximum absolute atomic E-state index is 11.5. The molecule has 1 unspecified atom stereocenters. The lowest BCUT2D eigenvalue weighted by atomic mass is 10.2. The van der Waals surface area contributed by atoms with Crippen LogP contribution in [0.1, 0.15) is 16.1 Å². The zero-order chi connectivity index (χ0) is 11.3. The van der Waals surface area contributed by atoms with Crippen LogP contribution in [0.5, 0.6) is 0 Å². The molecule has 0 saturated carbocycles. The van der Waals surface area contributed by atoms with Gasteiger partial charge >= 0.3 is 5.97 Å². The summed E-state index contributed by atoms with van der Waals surface area (Å²) in [7, 11) is 0. The molecule has 6 heteroatoms. The average molecular weight is 245 g/mol. The molecule has 82 valence electrons. The highest BCUT2D eigenvalue weighted by atomic mass is 32.1. The van der Waals surface area contributed by atoms with Crippen LogP contribution >= 0.6 is 24.0 Å². The number of hydrogen-bond donors (Lipinski definition) is 3. The van der Waals surface area contributed by atoms with Crippen LogP contribution in [0.3, 0.4) is 0 Å². The molecule has 0 spiro atoms. The Morgan fingerprint density at radius 2 is 2.33 bits per heavy atom. The second-order valence-corrected chi connectivity index (χ2v) is 4.25. The van der Waals surface area contributed by atoms with Crippen molar-refractivity contribution in [3.8, 4) is 0 Å². The summed E-state index contributed by atoms with van der Waals surface area (Å²) >= 11 is 5.22. The van der Waals surface area contributed by atoms with Crippen LogP contribution in [0.15, 0.2) is 17.5 Å². The molecule has 0 radical (unpaired) electrons. The van der Waals surface area contributed by atoms with Gasteiger partial charge in [0, 0.05) is 0 Å². The number of aliphatic carboxylic acids is 1. The molecule has 1 heterocycles. The number of nitrogens with one attached hydrogen (secondary N) is 1. The van der Waals surface area contributed by atoms with Gasteiger partial charge in [0.2, 0.25) is 0 Å². The summed E-state index contributed by atoms with van der Waals surface area (Å²) in [6.07, 6.45) is 0.315. The van der Waals surface area contributed by atoms with Crippen molar-refractivity contribution < 1.29 is 14.7 Å². The fraction of sp³-hybridized carbons (Fsp3) is 0.333. The van der Waals surface area contributed by atoms with E-state index in [-0.39, 0.29) is 5.91 Å². The molecule has 0 aliphatic heterocycles. The van der Waals surface area contributed by atoms with Crippen LogP contribution in [0.25, 0.3) is 0 Å². The Morgan fingerprint density at radius 1 is 1.60 bits per heavy atom. The third-order valence-corrected chi connectivity index (χ3v) is 2.89. The molecule has 1 aromatic heterocycles. The quantitative estimate of drug-likeness (QED) is 0.684. The first-order valence-electron chi connectivity index (χ1n) is 4.33. The number of carbonyl (C=O) groups excluding carboxylic acids is 1. The van der Waals surface area contributed by atoms with Gasteiger partial charge in [-0.3, -0.25) is 4.79 Å². The van der Waals surface area contributed by atoms with Crippen LogP contribution in [-0.2, 0) is 4.79 Å². The number of carboxylic acids is 1. The van der Waals surface area contributed by atoms with Gasteiger partial charge in [0.05, 0.1) is 4.88 Å². The number of rotatable bonds is 5. The first-order chi connectivity index (χ1) is 7.15. The Labute approximate surface area is 96.7 Å². The number of amides is 1. The van der Waals surface area contributed by atoms with Crippen LogP contribution < -0.4 is 5.32 Å². The molecular formula is C9H11NO3S2. The van der Waals surface area contributed by atoms with Crippen molar-refractivity contribution in [3.63, 3.8) is 0 Å². The van der Waals surface area contributed by atoms with Crippen LogP contribution in [0, 0.1) is 0 Å². The standard InChI is InChI=1S/C9H11NO3S2/c11-8(7-2-1-5-15-7)10-6(3-4-14)9(12)13/h1-2,5-6,14H,3-4H2,(H,10,11)(H,12,13).